The van der Waals surface area contributed by atoms with E-state index >= 15 is 0 Å². The molecule has 0 atom stereocenters. The van der Waals surface area contributed by atoms with Crippen molar-refractivity contribution >= 4 is 0 Å². The monoisotopic (exact) mass is 350 g/mol. The van der Waals surface area contributed by atoms with Crippen LogP contribution in [-0.2, 0) is 0 Å². The second-order valence-electron chi connectivity index (χ2n) is 7.99. The van der Waals surface area contributed by atoms with E-state index in [9.17, 15) is 0 Å². The maximum absolute atomic E-state index is 2.33. The van der Waals surface area contributed by atoms with Gasteiger partial charge in [0.2, 0.25) is 0 Å². The third-order valence-electron chi connectivity index (χ3n) is 5.56. The molecule has 0 heteroatoms. The van der Waals surface area contributed by atoms with Crippen LogP contribution < -0.4 is 0 Å². The quantitative estimate of drug-likeness (QED) is 0.337. The van der Waals surface area contributed by atoms with Gasteiger partial charge < -0.3 is 0 Å². The number of hydrogen-bond acceptors (Lipinski definition) is 0. The molecule has 2 rings (SSSR count). The summed E-state index contributed by atoms with van der Waals surface area (Å²) in [7, 11) is 0. The fourth-order valence-corrected chi connectivity index (χ4v) is 3.78. The number of aryl methyl sites for hydroxylation is 2. The molecular formula is C26H38. The van der Waals surface area contributed by atoms with Gasteiger partial charge in [-0.05, 0) is 31.4 Å². The standard InChI is InChI=1S/C26H38/c1-4-5-6-7-8-9-10-11-12-13-26(24-18-14-22(2)15-19-24)25-20-16-23(3)17-21-25/h14-21,26H,4-13H2,1-3H3. The highest BCUT2D eigenvalue weighted by Gasteiger charge is 2.13. The average molecular weight is 351 g/mol. The van der Waals surface area contributed by atoms with Crippen LogP contribution in [0.25, 0.3) is 0 Å². The molecule has 0 aliphatic heterocycles. The molecule has 0 bridgehead atoms. The second kappa shape index (κ2) is 11.9. The van der Waals surface area contributed by atoms with Crippen molar-refractivity contribution in [2.75, 3.05) is 0 Å². The third kappa shape index (κ3) is 7.36. The molecule has 0 aromatic heterocycles. The van der Waals surface area contributed by atoms with Crippen LogP contribution in [0, 0.1) is 13.8 Å². The van der Waals surface area contributed by atoms with Crippen molar-refractivity contribution in [3.8, 4) is 0 Å². The average Bonchev–Trinajstić information content (AvgIpc) is 2.65. The summed E-state index contributed by atoms with van der Waals surface area (Å²) in [5.74, 6) is 0.542. The molecule has 0 aliphatic rings. The van der Waals surface area contributed by atoms with Crippen LogP contribution in [0.2, 0.25) is 0 Å². The largest absolute Gasteiger partial charge is 0.0654 e. The first-order valence-corrected chi connectivity index (χ1v) is 10.8. The molecule has 0 fully saturated rings. The van der Waals surface area contributed by atoms with E-state index in [2.05, 4.69) is 69.3 Å². The highest BCUT2D eigenvalue weighted by molar-refractivity contribution is 5.35. The minimum absolute atomic E-state index is 0.542. The SMILES string of the molecule is CCCCCCCCCCCC(c1ccc(C)cc1)c1ccc(C)cc1. The van der Waals surface area contributed by atoms with Gasteiger partial charge in [-0.3, -0.25) is 0 Å². The van der Waals surface area contributed by atoms with Gasteiger partial charge in [0.15, 0.2) is 0 Å². The van der Waals surface area contributed by atoms with Crippen LogP contribution in [0.15, 0.2) is 48.5 Å². The van der Waals surface area contributed by atoms with Gasteiger partial charge in [0, 0.05) is 5.92 Å². The van der Waals surface area contributed by atoms with E-state index in [0.717, 1.165) is 0 Å². The molecular weight excluding hydrogens is 312 g/mol. The van der Waals surface area contributed by atoms with Crippen molar-refractivity contribution in [2.24, 2.45) is 0 Å². The smallest absolute Gasteiger partial charge is 0.00893 e. The van der Waals surface area contributed by atoms with E-state index in [4.69, 9.17) is 0 Å². The second-order valence-corrected chi connectivity index (χ2v) is 7.99. The van der Waals surface area contributed by atoms with E-state index in [0.29, 0.717) is 5.92 Å². The van der Waals surface area contributed by atoms with Gasteiger partial charge in [-0.25, -0.2) is 0 Å². The van der Waals surface area contributed by atoms with Gasteiger partial charge in [-0.1, -0.05) is 124 Å². The molecule has 0 nitrogen and oxygen atoms in total. The Bertz CT molecular complexity index is 545. The molecule has 26 heavy (non-hydrogen) atoms. The van der Waals surface area contributed by atoms with Gasteiger partial charge in [0.05, 0.1) is 0 Å². The molecule has 2 aromatic carbocycles. The lowest BCUT2D eigenvalue weighted by Crippen LogP contribution is -2.02. The zero-order valence-corrected chi connectivity index (χ0v) is 17.3. The molecule has 0 amide bonds. The maximum Gasteiger partial charge on any atom is 0.00893 e. The van der Waals surface area contributed by atoms with E-state index < -0.39 is 0 Å². The van der Waals surface area contributed by atoms with Gasteiger partial charge in [0.25, 0.3) is 0 Å². The Labute approximate surface area is 162 Å². The number of rotatable bonds is 12. The summed E-state index contributed by atoms with van der Waals surface area (Å²) >= 11 is 0. The molecule has 0 saturated carbocycles. The number of benzene rings is 2. The summed E-state index contributed by atoms with van der Waals surface area (Å²) in [6, 6.07) is 18.3. The molecule has 0 unspecified atom stereocenters. The van der Waals surface area contributed by atoms with Gasteiger partial charge in [0.1, 0.15) is 0 Å². The zero-order valence-electron chi connectivity index (χ0n) is 17.3. The fraction of sp³-hybridized carbons (Fsp3) is 0.538. The highest BCUT2D eigenvalue weighted by Crippen LogP contribution is 2.30. The molecule has 0 radical (unpaired) electrons. The first-order valence-electron chi connectivity index (χ1n) is 10.8. The predicted molar refractivity (Wildman–Crippen MR) is 116 cm³/mol. The van der Waals surface area contributed by atoms with Crippen molar-refractivity contribution in [2.45, 2.75) is 90.9 Å². The van der Waals surface area contributed by atoms with Crippen molar-refractivity contribution < 1.29 is 0 Å². The molecule has 2 aromatic rings. The Balaban J connectivity index is 1.83. The summed E-state index contributed by atoms with van der Waals surface area (Å²) < 4.78 is 0. The Morgan fingerprint density at radius 2 is 0.923 bits per heavy atom. The zero-order chi connectivity index (χ0) is 18.6. The van der Waals surface area contributed by atoms with E-state index in [1.54, 1.807) is 0 Å². The van der Waals surface area contributed by atoms with Crippen LogP contribution in [-0.4, -0.2) is 0 Å². The Kier molecular flexibility index (Phi) is 9.53. The van der Waals surface area contributed by atoms with Crippen molar-refractivity contribution in [1.29, 1.82) is 0 Å². The summed E-state index contributed by atoms with van der Waals surface area (Å²) in [6.45, 7) is 6.63. The number of hydrogen-bond donors (Lipinski definition) is 0. The third-order valence-corrected chi connectivity index (χ3v) is 5.56. The summed E-state index contributed by atoms with van der Waals surface area (Å²) in [5, 5.41) is 0. The van der Waals surface area contributed by atoms with Crippen LogP contribution >= 0.6 is 0 Å². The topological polar surface area (TPSA) is 0 Å². The van der Waals surface area contributed by atoms with Gasteiger partial charge in [-0.2, -0.15) is 0 Å². The van der Waals surface area contributed by atoms with Crippen molar-refractivity contribution in [1.82, 2.24) is 0 Å². The summed E-state index contributed by atoms with van der Waals surface area (Å²) in [5.41, 5.74) is 5.64. The first-order chi connectivity index (χ1) is 12.7. The lowest BCUT2D eigenvalue weighted by Gasteiger charge is -2.19. The molecule has 0 aliphatic carbocycles. The van der Waals surface area contributed by atoms with Gasteiger partial charge >= 0.3 is 0 Å². The predicted octanol–water partition coefficient (Wildman–Crippen LogP) is 8.36. The van der Waals surface area contributed by atoms with Crippen LogP contribution in [0.3, 0.4) is 0 Å². The fourth-order valence-electron chi connectivity index (χ4n) is 3.78. The normalized spacial score (nSPS) is 11.2. The Hall–Kier alpha value is -1.56. The van der Waals surface area contributed by atoms with Crippen molar-refractivity contribution in [3.05, 3.63) is 70.8 Å². The minimum atomic E-state index is 0.542. The van der Waals surface area contributed by atoms with Gasteiger partial charge in [-0.15, -0.1) is 0 Å². The van der Waals surface area contributed by atoms with E-state index in [-0.39, 0.29) is 0 Å². The molecule has 0 saturated heterocycles. The first kappa shape index (κ1) is 20.7. The molecule has 0 spiro atoms. The lowest BCUT2D eigenvalue weighted by molar-refractivity contribution is 0.545. The van der Waals surface area contributed by atoms with Crippen LogP contribution in [0.5, 0.6) is 0 Å². The summed E-state index contributed by atoms with van der Waals surface area (Å²) in [4.78, 5) is 0. The molecule has 0 N–H and O–H groups in total. The lowest BCUT2D eigenvalue weighted by atomic mass is 9.86. The van der Waals surface area contributed by atoms with E-state index in [1.807, 2.05) is 0 Å². The number of unbranched alkanes of at least 4 members (excludes halogenated alkanes) is 8. The Morgan fingerprint density at radius 1 is 0.538 bits per heavy atom. The maximum atomic E-state index is 2.33. The van der Waals surface area contributed by atoms with Crippen LogP contribution in [0.4, 0.5) is 0 Å². The summed E-state index contributed by atoms with van der Waals surface area (Å²) in [6.07, 6.45) is 13.9. The van der Waals surface area contributed by atoms with E-state index in [1.165, 1.54) is 86.5 Å². The highest BCUT2D eigenvalue weighted by atomic mass is 14.2. The minimum Gasteiger partial charge on any atom is -0.0654 e. The Morgan fingerprint density at radius 3 is 1.35 bits per heavy atom. The van der Waals surface area contributed by atoms with Crippen LogP contribution in [0.1, 0.15) is 99.3 Å². The molecule has 0 heterocycles. The molecule has 142 valence electrons. The van der Waals surface area contributed by atoms with Crippen molar-refractivity contribution in [3.63, 3.8) is 0 Å².